The quantitative estimate of drug-likeness (QED) is 0.519. The molecule has 5 nitrogen and oxygen atoms in total. The number of ether oxygens (including phenoxy) is 1. The minimum atomic E-state index is -0.490. The van der Waals surface area contributed by atoms with E-state index >= 15 is 0 Å². The van der Waals surface area contributed by atoms with Crippen molar-refractivity contribution in [2.24, 2.45) is 11.5 Å². The minimum absolute atomic E-state index is 0.280. The van der Waals surface area contributed by atoms with E-state index < -0.39 is 12.0 Å². The van der Waals surface area contributed by atoms with Gasteiger partial charge in [-0.15, -0.1) is 0 Å². The second-order valence-corrected chi connectivity index (χ2v) is 4.53. The van der Waals surface area contributed by atoms with Gasteiger partial charge in [-0.25, -0.2) is 0 Å². The van der Waals surface area contributed by atoms with Crippen LogP contribution in [0.5, 0.6) is 0 Å². The van der Waals surface area contributed by atoms with E-state index in [1.54, 1.807) is 0 Å². The Hall–Kier alpha value is -1.10. The summed E-state index contributed by atoms with van der Waals surface area (Å²) in [5.74, 6) is -0.682. The molecule has 0 radical (unpaired) electrons. The van der Waals surface area contributed by atoms with Gasteiger partial charge in [0, 0.05) is 13.0 Å². The third-order valence-corrected chi connectivity index (χ3v) is 2.77. The first-order valence-corrected chi connectivity index (χ1v) is 6.77. The van der Waals surface area contributed by atoms with E-state index in [1.165, 1.54) is 0 Å². The number of unbranched alkanes of at least 4 members (excludes halogenated alkanes) is 4. The molecule has 0 rings (SSSR count). The molecule has 0 saturated heterocycles. The summed E-state index contributed by atoms with van der Waals surface area (Å²) in [6.45, 7) is 2.70. The molecule has 0 aromatic heterocycles. The maximum absolute atomic E-state index is 11.2. The second kappa shape index (κ2) is 11.0. The molecule has 2 amide bonds. The fraction of sp³-hybridized carbons (Fsp3) is 0.846. The zero-order valence-corrected chi connectivity index (χ0v) is 11.3. The first-order valence-electron chi connectivity index (χ1n) is 6.77. The number of hydrogen-bond acceptors (Lipinski definition) is 3. The van der Waals surface area contributed by atoms with Crippen LogP contribution in [0.2, 0.25) is 0 Å². The number of carbonyl (C=O) groups is 2. The standard InChI is InChI=1S/C13H26N2O3/c1-2-3-7-10-18-11(13(15)17)8-5-4-6-9-12(14)16/h11H,2-10H2,1H3,(H2,14,16)(H2,15,17). The van der Waals surface area contributed by atoms with Crippen LogP contribution in [0, 0.1) is 0 Å². The highest BCUT2D eigenvalue weighted by molar-refractivity contribution is 5.78. The molecule has 0 aliphatic rings. The fourth-order valence-corrected chi connectivity index (χ4v) is 1.69. The van der Waals surface area contributed by atoms with Crippen molar-refractivity contribution in [2.75, 3.05) is 6.61 Å². The first kappa shape index (κ1) is 16.9. The van der Waals surface area contributed by atoms with Crippen molar-refractivity contribution in [2.45, 2.75) is 64.4 Å². The largest absolute Gasteiger partial charge is 0.370 e. The molecule has 0 saturated carbocycles. The highest BCUT2D eigenvalue weighted by Crippen LogP contribution is 2.09. The van der Waals surface area contributed by atoms with E-state index in [-0.39, 0.29) is 5.91 Å². The van der Waals surface area contributed by atoms with Crippen molar-refractivity contribution in [3.8, 4) is 0 Å². The predicted molar refractivity (Wildman–Crippen MR) is 70.7 cm³/mol. The number of nitrogens with two attached hydrogens (primary N) is 2. The molecule has 0 heterocycles. The average Bonchev–Trinajstić information content (AvgIpc) is 2.30. The molecule has 1 unspecified atom stereocenters. The molecule has 5 heteroatoms. The number of primary amides is 2. The molecule has 1 atom stereocenters. The van der Waals surface area contributed by atoms with Gasteiger partial charge >= 0.3 is 0 Å². The van der Waals surface area contributed by atoms with Gasteiger partial charge in [-0.05, 0) is 19.3 Å². The Bertz CT molecular complexity index is 244. The van der Waals surface area contributed by atoms with E-state index in [9.17, 15) is 9.59 Å². The Morgan fingerprint density at radius 1 is 1.06 bits per heavy atom. The van der Waals surface area contributed by atoms with Gasteiger partial charge in [-0.2, -0.15) is 0 Å². The van der Waals surface area contributed by atoms with Gasteiger partial charge in [0.15, 0.2) is 0 Å². The number of amides is 2. The van der Waals surface area contributed by atoms with Crippen molar-refractivity contribution >= 4 is 11.8 Å². The first-order chi connectivity index (χ1) is 8.57. The minimum Gasteiger partial charge on any atom is -0.370 e. The van der Waals surface area contributed by atoms with Gasteiger partial charge in [0.25, 0.3) is 0 Å². The third-order valence-electron chi connectivity index (χ3n) is 2.77. The summed E-state index contributed by atoms with van der Waals surface area (Å²) in [5.41, 5.74) is 10.3. The van der Waals surface area contributed by atoms with Crippen molar-refractivity contribution in [1.82, 2.24) is 0 Å². The van der Waals surface area contributed by atoms with Crippen LogP contribution in [0.4, 0.5) is 0 Å². The smallest absolute Gasteiger partial charge is 0.246 e. The molecule has 0 aromatic rings. The van der Waals surface area contributed by atoms with Crippen molar-refractivity contribution in [3.05, 3.63) is 0 Å². The van der Waals surface area contributed by atoms with E-state index in [0.717, 1.165) is 38.5 Å². The van der Waals surface area contributed by atoms with Gasteiger partial charge < -0.3 is 16.2 Å². The van der Waals surface area contributed by atoms with Gasteiger partial charge in [0.1, 0.15) is 6.10 Å². The van der Waals surface area contributed by atoms with Gasteiger partial charge in [-0.1, -0.05) is 32.6 Å². The predicted octanol–water partition coefficient (Wildman–Crippen LogP) is 1.48. The highest BCUT2D eigenvalue weighted by Gasteiger charge is 2.14. The van der Waals surface area contributed by atoms with E-state index in [1.807, 2.05) is 0 Å². The molecule has 4 N–H and O–H groups in total. The summed E-state index contributed by atoms with van der Waals surface area (Å²) in [7, 11) is 0. The van der Waals surface area contributed by atoms with Crippen LogP contribution < -0.4 is 11.5 Å². The van der Waals surface area contributed by atoms with Crippen LogP contribution in [0.1, 0.15) is 58.3 Å². The summed E-state index contributed by atoms with van der Waals surface area (Å²) in [4.78, 5) is 21.7. The normalized spacial score (nSPS) is 12.3. The lowest BCUT2D eigenvalue weighted by Crippen LogP contribution is -2.31. The van der Waals surface area contributed by atoms with E-state index in [4.69, 9.17) is 16.2 Å². The number of rotatable bonds is 12. The summed E-state index contributed by atoms with van der Waals surface area (Å²) in [6, 6.07) is 0. The van der Waals surface area contributed by atoms with Crippen LogP contribution >= 0.6 is 0 Å². The van der Waals surface area contributed by atoms with Gasteiger partial charge in [0.05, 0.1) is 0 Å². The maximum Gasteiger partial charge on any atom is 0.246 e. The van der Waals surface area contributed by atoms with Crippen molar-refractivity contribution < 1.29 is 14.3 Å². The Labute approximate surface area is 109 Å². The van der Waals surface area contributed by atoms with E-state index in [0.29, 0.717) is 19.4 Å². The van der Waals surface area contributed by atoms with Crippen LogP contribution in [0.3, 0.4) is 0 Å². The number of carbonyl (C=O) groups excluding carboxylic acids is 2. The average molecular weight is 258 g/mol. The molecule has 18 heavy (non-hydrogen) atoms. The van der Waals surface area contributed by atoms with Crippen LogP contribution in [-0.4, -0.2) is 24.5 Å². The molecule has 0 aliphatic heterocycles. The Morgan fingerprint density at radius 2 is 1.78 bits per heavy atom. The lowest BCUT2D eigenvalue weighted by atomic mass is 10.1. The number of hydrogen-bond donors (Lipinski definition) is 2. The van der Waals surface area contributed by atoms with Crippen LogP contribution in [0.15, 0.2) is 0 Å². The molecular weight excluding hydrogens is 232 g/mol. The highest BCUT2D eigenvalue weighted by atomic mass is 16.5. The fourth-order valence-electron chi connectivity index (χ4n) is 1.69. The Balaban J connectivity index is 3.63. The second-order valence-electron chi connectivity index (χ2n) is 4.53. The van der Waals surface area contributed by atoms with E-state index in [2.05, 4.69) is 6.92 Å². The third kappa shape index (κ3) is 10.1. The van der Waals surface area contributed by atoms with Crippen LogP contribution in [-0.2, 0) is 14.3 Å². The Kier molecular flexibility index (Phi) is 10.3. The van der Waals surface area contributed by atoms with Crippen molar-refractivity contribution in [3.63, 3.8) is 0 Å². The molecule has 0 spiro atoms. The zero-order valence-electron chi connectivity index (χ0n) is 11.3. The zero-order chi connectivity index (χ0) is 13.8. The summed E-state index contributed by atoms with van der Waals surface area (Å²) >= 11 is 0. The molecule has 0 fully saturated rings. The maximum atomic E-state index is 11.2. The monoisotopic (exact) mass is 258 g/mol. The van der Waals surface area contributed by atoms with Gasteiger partial charge in [0.2, 0.25) is 11.8 Å². The van der Waals surface area contributed by atoms with Crippen LogP contribution in [0.25, 0.3) is 0 Å². The van der Waals surface area contributed by atoms with Gasteiger partial charge in [-0.3, -0.25) is 9.59 Å². The van der Waals surface area contributed by atoms with Crippen molar-refractivity contribution in [1.29, 1.82) is 0 Å². The SMILES string of the molecule is CCCCCOC(CCCCCC(N)=O)C(N)=O. The molecule has 0 bridgehead atoms. The molecule has 106 valence electrons. The molecule has 0 aromatic carbocycles. The molecular formula is C13H26N2O3. The topological polar surface area (TPSA) is 95.4 Å². The lowest BCUT2D eigenvalue weighted by Gasteiger charge is -2.14. The molecule has 0 aliphatic carbocycles. The Morgan fingerprint density at radius 3 is 2.33 bits per heavy atom. The summed E-state index contributed by atoms with van der Waals surface area (Å²) in [5, 5.41) is 0. The summed E-state index contributed by atoms with van der Waals surface area (Å²) in [6.07, 6.45) is 6.18. The summed E-state index contributed by atoms with van der Waals surface area (Å²) < 4.78 is 5.47. The lowest BCUT2D eigenvalue weighted by molar-refractivity contribution is -0.130.